The van der Waals surface area contributed by atoms with Crippen LogP contribution in [0.5, 0.6) is 46.3 Å². The predicted molar refractivity (Wildman–Crippen MR) is 204 cm³/mol. The summed E-state index contributed by atoms with van der Waals surface area (Å²) in [6.07, 6.45) is 7.19. The molecule has 0 spiro atoms. The number of aryl methyl sites for hydroxylation is 5. The fraction of sp³-hybridized carbons (Fsp3) is 0.116. The van der Waals surface area contributed by atoms with Crippen LogP contribution in [0.3, 0.4) is 0 Å². The Balaban J connectivity index is 1.10. The highest BCUT2D eigenvalue weighted by Crippen LogP contribution is 2.34. The standard InChI is InChI=1S/C43H35BN4O4/c1-26-10-12-45-41(18-26)51-35-16-28(3)14-33(20-35)49-31-6-8-37-38-9-7-32(23-40(38)44(39(37)22-31)43-47-24-30(5)25-48-43)50-34-15-29(4)17-36(21-34)52-42-19-27(2)11-13-46-42/h6-25H,1-5H3. The molecular weight excluding hydrogens is 647 g/mol. The van der Waals surface area contributed by atoms with Crippen LogP contribution in [-0.4, -0.2) is 26.6 Å². The highest BCUT2D eigenvalue weighted by molar-refractivity contribution is 6.98. The van der Waals surface area contributed by atoms with Crippen molar-refractivity contribution < 1.29 is 18.9 Å². The van der Waals surface area contributed by atoms with E-state index in [-0.39, 0.29) is 6.71 Å². The van der Waals surface area contributed by atoms with Crippen molar-refractivity contribution in [2.24, 2.45) is 0 Å². The molecule has 3 aromatic heterocycles. The third-order valence-electron chi connectivity index (χ3n) is 8.76. The smallest absolute Gasteiger partial charge is 0.291 e. The lowest BCUT2D eigenvalue weighted by Gasteiger charge is -2.13. The number of rotatable bonds is 9. The number of benzene rings is 4. The Morgan fingerprint density at radius 1 is 0.385 bits per heavy atom. The van der Waals surface area contributed by atoms with E-state index in [2.05, 4.69) is 34.2 Å². The zero-order chi connectivity index (χ0) is 35.8. The molecule has 4 aromatic carbocycles. The first-order chi connectivity index (χ1) is 25.2. The van der Waals surface area contributed by atoms with Gasteiger partial charge in [-0.25, -0.2) is 9.97 Å². The van der Waals surface area contributed by atoms with Crippen molar-refractivity contribution in [2.45, 2.75) is 34.6 Å². The number of fused-ring (bicyclic) bond motifs is 3. The molecule has 0 fully saturated rings. The molecule has 0 aliphatic carbocycles. The van der Waals surface area contributed by atoms with Gasteiger partial charge in [-0.05, 0) is 134 Å². The summed E-state index contributed by atoms with van der Waals surface area (Å²) in [5.41, 5.74) is 10.2. The van der Waals surface area contributed by atoms with E-state index >= 15 is 0 Å². The lowest BCUT2D eigenvalue weighted by molar-refractivity contribution is 0.447. The van der Waals surface area contributed by atoms with Crippen molar-refractivity contribution in [3.8, 4) is 57.4 Å². The maximum Gasteiger partial charge on any atom is 0.291 e. The van der Waals surface area contributed by atoms with Crippen LogP contribution in [0.15, 0.2) is 122 Å². The van der Waals surface area contributed by atoms with Crippen LogP contribution < -0.4 is 35.6 Å². The van der Waals surface area contributed by atoms with E-state index in [0.29, 0.717) is 52.0 Å². The molecule has 52 heavy (non-hydrogen) atoms. The van der Waals surface area contributed by atoms with Crippen molar-refractivity contribution in [2.75, 3.05) is 0 Å². The SMILES string of the molecule is Cc1cnc(B2c3cc(Oc4cc(C)cc(Oc5cc(C)ccn5)c4)ccc3-c3ccc(Oc4cc(C)cc(Oc5cc(C)ccn5)c4)cc32)nc1. The third-order valence-corrected chi connectivity index (χ3v) is 8.76. The first-order valence-corrected chi connectivity index (χ1v) is 17.1. The van der Waals surface area contributed by atoms with Gasteiger partial charge in [0.15, 0.2) is 0 Å². The Hall–Kier alpha value is -6.48. The van der Waals surface area contributed by atoms with Gasteiger partial charge in [0.1, 0.15) is 34.5 Å². The van der Waals surface area contributed by atoms with Crippen LogP contribution in [-0.2, 0) is 0 Å². The number of ether oxygens (including phenoxy) is 4. The number of hydrogen-bond donors (Lipinski definition) is 0. The predicted octanol–water partition coefficient (Wildman–Crippen LogP) is 8.47. The summed E-state index contributed by atoms with van der Waals surface area (Å²) in [5, 5.41) is 0. The molecule has 7 aromatic rings. The molecule has 8 nitrogen and oxygen atoms in total. The van der Waals surface area contributed by atoms with Crippen molar-refractivity contribution >= 4 is 23.4 Å². The van der Waals surface area contributed by atoms with Gasteiger partial charge in [-0.1, -0.05) is 23.1 Å². The highest BCUT2D eigenvalue weighted by atomic mass is 16.5. The lowest BCUT2D eigenvalue weighted by atomic mass is 9.42. The summed E-state index contributed by atoms with van der Waals surface area (Å²) in [6, 6.07) is 31.7. The maximum absolute atomic E-state index is 6.48. The van der Waals surface area contributed by atoms with Crippen LogP contribution in [0.1, 0.15) is 27.8 Å². The van der Waals surface area contributed by atoms with Crippen LogP contribution in [0.2, 0.25) is 0 Å². The van der Waals surface area contributed by atoms with E-state index in [9.17, 15) is 0 Å². The van der Waals surface area contributed by atoms with Gasteiger partial charge < -0.3 is 18.9 Å². The van der Waals surface area contributed by atoms with Crippen LogP contribution in [0.4, 0.5) is 0 Å². The Bertz CT molecular complexity index is 2300. The van der Waals surface area contributed by atoms with Crippen molar-refractivity contribution in [3.63, 3.8) is 0 Å². The Kier molecular flexibility index (Phi) is 8.61. The molecule has 9 heteroatoms. The molecule has 0 amide bonds. The summed E-state index contributed by atoms with van der Waals surface area (Å²) in [7, 11) is 0. The zero-order valence-electron chi connectivity index (χ0n) is 29.5. The number of pyridine rings is 2. The average molecular weight is 683 g/mol. The monoisotopic (exact) mass is 682 g/mol. The fourth-order valence-electron chi connectivity index (χ4n) is 6.48. The maximum atomic E-state index is 6.48. The largest absolute Gasteiger partial charge is 0.457 e. The van der Waals surface area contributed by atoms with Crippen molar-refractivity contribution in [3.05, 3.63) is 150 Å². The number of aromatic nitrogens is 4. The average Bonchev–Trinajstić information content (AvgIpc) is 3.41. The van der Waals surface area contributed by atoms with Crippen LogP contribution in [0.25, 0.3) is 11.1 Å². The molecule has 8 rings (SSSR count). The highest BCUT2D eigenvalue weighted by Gasteiger charge is 2.36. The molecule has 0 saturated carbocycles. The second kappa shape index (κ2) is 13.7. The van der Waals surface area contributed by atoms with Crippen LogP contribution in [0, 0.1) is 34.6 Å². The van der Waals surface area contributed by atoms with Gasteiger partial charge in [0.25, 0.3) is 6.71 Å². The Morgan fingerprint density at radius 2 is 0.827 bits per heavy atom. The normalized spacial score (nSPS) is 11.5. The van der Waals surface area contributed by atoms with E-state index in [0.717, 1.165) is 49.9 Å². The van der Waals surface area contributed by atoms with E-state index in [1.807, 2.05) is 120 Å². The van der Waals surface area contributed by atoms with E-state index < -0.39 is 0 Å². The molecule has 0 N–H and O–H groups in total. The summed E-state index contributed by atoms with van der Waals surface area (Å²) in [4.78, 5) is 18.3. The van der Waals surface area contributed by atoms with Gasteiger partial charge in [0, 0.05) is 49.1 Å². The minimum absolute atomic E-state index is 0.231. The zero-order valence-corrected chi connectivity index (χ0v) is 29.5. The molecule has 254 valence electrons. The van der Waals surface area contributed by atoms with Gasteiger partial charge in [-0.2, -0.15) is 0 Å². The first kappa shape index (κ1) is 32.7. The molecule has 0 atom stereocenters. The topological polar surface area (TPSA) is 88.5 Å². The van der Waals surface area contributed by atoms with Gasteiger partial charge in [-0.15, -0.1) is 0 Å². The molecular formula is C43H35BN4O4. The number of hydrogen-bond acceptors (Lipinski definition) is 8. The van der Waals surface area contributed by atoms with E-state index in [1.54, 1.807) is 12.4 Å². The second-order valence-corrected chi connectivity index (χ2v) is 13.3. The number of nitrogens with zero attached hydrogens (tertiary/aromatic N) is 4. The summed E-state index contributed by atoms with van der Waals surface area (Å²) < 4.78 is 25.1. The van der Waals surface area contributed by atoms with Crippen molar-refractivity contribution in [1.29, 1.82) is 0 Å². The summed E-state index contributed by atoms with van der Waals surface area (Å²) in [6.45, 7) is 9.80. The van der Waals surface area contributed by atoms with Gasteiger partial charge >= 0.3 is 0 Å². The third kappa shape index (κ3) is 7.07. The molecule has 0 unspecified atom stereocenters. The van der Waals surface area contributed by atoms with Gasteiger partial charge in [0.2, 0.25) is 11.8 Å². The van der Waals surface area contributed by atoms with E-state index in [4.69, 9.17) is 28.9 Å². The Labute approximate surface area is 303 Å². The quantitative estimate of drug-likeness (QED) is 0.140. The second-order valence-electron chi connectivity index (χ2n) is 13.3. The first-order valence-electron chi connectivity index (χ1n) is 17.1. The van der Waals surface area contributed by atoms with E-state index in [1.165, 1.54) is 0 Å². The minimum Gasteiger partial charge on any atom is -0.457 e. The van der Waals surface area contributed by atoms with Gasteiger partial charge in [0.05, 0.1) is 5.72 Å². The minimum atomic E-state index is -0.231. The molecule has 0 bridgehead atoms. The molecule has 1 aliphatic rings. The molecule has 4 heterocycles. The van der Waals surface area contributed by atoms with Crippen molar-refractivity contribution in [1.82, 2.24) is 19.9 Å². The molecule has 0 radical (unpaired) electrons. The van der Waals surface area contributed by atoms with Gasteiger partial charge in [-0.3, -0.25) is 9.97 Å². The molecule has 0 saturated heterocycles. The Morgan fingerprint density at radius 3 is 1.27 bits per heavy atom. The lowest BCUT2D eigenvalue weighted by Crippen LogP contribution is -2.51. The molecule has 1 aliphatic heterocycles. The summed E-state index contributed by atoms with van der Waals surface area (Å²) >= 11 is 0. The summed E-state index contributed by atoms with van der Waals surface area (Å²) in [5.74, 6) is 5.09. The van der Waals surface area contributed by atoms with Crippen LogP contribution >= 0.6 is 0 Å². The fourth-order valence-corrected chi connectivity index (χ4v) is 6.48.